The number of rotatable bonds is 4. The molecule has 0 bridgehead atoms. The van der Waals surface area contributed by atoms with E-state index in [4.69, 9.17) is 4.74 Å². The lowest BCUT2D eigenvalue weighted by Crippen LogP contribution is -2.50. The summed E-state index contributed by atoms with van der Waals surface area (Å²) in [4.78, 5) is 13.4. The molecular formula is C14H26N2O4S. The van der Waals surface area contributed by atoms with E-state index in [0.29, 0.717) is 25.7 Å². The van der Waals surface area contributed by atoms with Gasteiger partial charge in [-0.15, -0.1) is 0 Å². The molecule has 2 aliphatic rings. The third kappa shape index (κ3) is 4.32. The highest BCUT2D eigenvalue weighted by Crippen LogP contribution is 2.26. The van der Waals surface area contributed by atoms with Crippen LogP contribution in [0.4, 0.5) is 4.79 Å². The van der Waals surface area contributed by atoms with Gasteiger partial charge in [0.05, 0.1) is 11.9 Å². The largest absolute Gasteiger partial charge is 0.450 e. The monoisotopic (exact) mass is 318 g/mol. The van der Waals surface area contributed by atoms with Gasteiger partial charge in [-0.1, -0.05) is 6.42 Å². The van der Waals surface area contributed by atoms with E-state index in [9.17, 15) is 13.2 Å². The fraction of sp³-hybridized carbons (Fsp3) is 0.929. The van der Waals surface area contributed by atoms with E-state index in [0.717, 1.165) is 32.1 Å². The van der Waals surface area contributed by atoms with Crippen molar-refractivity contribution in [2.24, 2.45) is 0 Å². The van der Waals surface area contributed by atoms with Crippen LogP contribution in [0.5, 0.6) is 0 Å². The minimum atomic E-state index is -2.98. The van der Waals surface area contributed by atoms with E-state index >= 15 is 0 Å². The summed E-state index contributed by atoms with van der Waals surface area (Å²) in [6.07, 6.45) is 5.45. The second-order valence-corrected chi connectivity index (χ2v) is 8.30. The number of carbonyl (C=O) groups excluding carboxylic acids is 1. The second-order valence-electron chi connectivity index (χ2n) is 6.03. The predicted molar refractivity (Wildman–Crippen MR) is 81.0 cm³/mol. The van der Waals surface area contributed by atoms with E-state index in [2.05, 4.69) is 5.32 Å². The van der Waals surface area contributed by atoms with E-state index in [1.165, 1.54) is 6.26 Å². The second kappa shape index (κ2) is 6.96. The fourth-order valence-electron chi connectivity index (χ4n) is 3.38. The van der Waals surface area contributed by atoms with E-state index < -0.39 is 9.84 Å². The summed E-state index contributed by atoms with van der Waals surface area (Å²) < 4.78 is 28.6. The van der Waals surface area contributed by atoms with Crippen molar-refractivity contribution >= 4 is 15.9 Å². The van der Waals surface area contributed by atoms with Crippen LogP contribution in [0.2, 0.25) is 0 Å². The fourth-order valence-corrected chi connectivity index (χ4v) is 4.78. The first-order valence-corrected chi connectivity index (χ1v) is 9.74. The first kappa shape index (κ1) is 16.5. The number of carbonyl (C=O) groups is 1. The van der Waals surface area contributed by atoms with Crippen LogP contribution in [0.3, 0.4) is 0 Å². The average Bonchev–Trinajstić information content (AvgIpc) is 2.88. The number of sulfone groups is 1. The third-order valence-corrected chi connectivity index (χ3v) is 6.14. The number of likely N-dealkylation sites (tertiary alicyclic amines) is 1. The lowest BCUT2D eigenvalue weighted by Gasteiger charge is -2.34. The van der Waals surface area contributed by atoms with Crippen molar-refractivity contribution in [2.45, 2.75) is 56.4 Å². The van der Waals surface area contributed by atoms with Crippen LogP contribution in [0.1, 0.15) is 39.0 Å². The minimum absolute atomic E-state index is 0.0687. The Hall–Kier alpha value is -0.820. The number of piperidine rings is 1. The van der Waals surface area contributed by atoms with Crippen molar-refractivity contribution in [1.29, 1.82) is 0 Å². The number of hydrogen-bond donors (Lipinski definition) is 1. The number of ether oxygens (including phenoxy) is 1. The van der Waals surface area contributed by atoms with Crippen LogP contribution in [0.15, 0.2) is 0 Å². The first-order valence-electron chi connectivity index (χ1n) is 7.78. The normalized spacial score (nSPS) is 27.8. The molecule has 1 heterocycles. The molecule has 21 heavy (non-hydrogen) atoms. The molecule has 7 heteroatoms. The van der Waals surface area contributed by atoms with Crippen molar-refractivity contribution in [3.05, 3.63) is 0 Å². The maximum absolute atomic E-state index is 11.8. The Bertz CT molecular complexity index is 458. The summed E-state index contributed by atoms with van der Waals surface area (Å²) in [6, 6.07) is 0.363. The smallest absolute Gasteiger partial charge is 0.409 e. The zero-order valence-electron chi connectivity index (χ0n) is 12.9. The van der Waals surface area contributed by atoms with Crippen molar-refractivity contribution in [1.82, 2.24) is 10.2 Å². The molecular weight excluding hydrogens is 292 g/mol. The van der Waals surface area contributed by atoms with Crippen LogP contribution >= 0.6 is 0 Å². The van der Waals surface area contributed by atoms with Gasteiger partial charge < -0.3 is 15.0 Å². The molecule has 1 amide bonds. The van der Waals surface area contributed by atoms with Gasteiger partial charge in [-0.3, -0.25) is 0 Å². The lowest BCUT2D eigenvalue weighted by atomic mass is 10.0. The Kier molecular flexibility index (Phi) is 5.48. The highest BCUT2D eigenvalue weighted by atomic mass is 32.2. The van der Waals surface area contributed by atoms with Gasteiger partial charge >= 0.3 is 6.09 Å². The number of nitrogens with zero attached hydrogens (tertiary/aromatic N) is 1. The van der Waals surface area contributed by atoms with Crippen LogP contribution in [-0.2, 0) is 14.6 Å². The van der Waals surface area contributed by atoms with Gasteiger partial charge in [0.15, 0.2) is 9.84 Å². The number of hydrogen-bond acceptors (Lipinski definition) is 5. The Morgan fingerprint density at radius 1 is 1.24 bits per heavy atom. The molecule has 0 aromatic heterocycles. The highest BCUT2D eigenvalue weighted by Gasteiger charge is 2.36. The maximum Gasteiger partial charge on any atom is 0.409 e. The molecule has 1 aliphatic carbocycles. The molecule has 0 radical (unpaired) electrons. The summed E-state index contributed by atoms with van der Waals surface area (Å²) in [6.45, 7) is 3.55. The van der Waals surface area contributed by atoms with E-state index in [1.54, 1.807) is 11.8 Å². The molecule has 0 aromatic carbocycles. The minimum Gasteiger partial charge on any atom is -0.450 e. The molecule has 122 valence electrons. The zero-order chi connectivity index (χ0) is 15.5. The van der Waals surface area contributed by atoms with Gasteiger partial charge in [0, 0.05) is 31.4 Å². The molecule has 1 saturated heterocycles. The van der Waals surface area contributed by atoms with Crippen molar-refractivity contribution in [3.63, 3.8) is 0 Å². The quantitative estimate of drug-likeness (QED) is 0.842. The molecule has 1 saturated carbocycles. The Morgan fingerprint density at radius 3 is 2.48 bits per heavy atom. The third-order valence-electron chi connectivity index (χ3n) is 4.47. The molecule has 2 unspecified atom stereocenters. The molecule has 1 N–H and O–H groups in total. The van der Waals surface area contributed by atoms with Crippen molar-refractivity contribution in [3.8, 4) is 0 Å². The molecule has 2 atom stereocenters. The summed E-state index contributed by atoms with van der Waals surface area (Å²) in [5.41, 5.74) is 0. The Labute approximate surface area is 127 Å². The molecule has 0 spiro atoms. The van der Waals surface area contributed by atoms with Crippen molar-refractivity contribution in [2.75, 3.05) is 26.0 Å². The summed E-state index contributed by atoms with van der Waals surface area (Å²) >= 11 is 0. The van der Waals surface area contributed by atoms with Crippen LogP contribution in [0.25, 0.3) is 0 Å². The predicted octanol–water partition coefficient (Wildman–Crippen LogP) is 1.16. The van der Waals surface area contributed by atoms with Gasteiger partial charge in [-0.25, -0.2) is 13.2 Å². The van der Waals surface area contributed by atoms with Crippen LogP contribution in [0, 0.1) is 0 Å². The van der Waals surface area contributed by atoms with Crippen molar-refractivity contribution < 1.29 is 17.9 Å². The molecule has 1 aliphatic heterocycles. The summed E-state index contributed by atoms with van der Waals surface area (Å²) in [7, 11) is -2.98. The highest BCUT2D eigenvalue weighted by molar-refractivity contribution is 7.91. The molecule has 6 nitrogen and oxygen atoms in total. The maximum atomic E-state index is 11.8. The Balaban J connectivity index is 1.82. The Morgan fingerprint density at radius 2 is 1.90 bits per heavy atom. The van der Waals surface area contributed by atoms with Gasteiger partial charge in [-0.05, 0) is 32.6 Å². The first-order chi connectivity index (χ1) is 9.91. The topological polar surface area (TPSA) is 75.7 Å². The number of nitrogens with one attached hydrogen (secondary N) is 1. The lowest BCUT2D eigenvalue weighted by molar-refractivity contribution is 0.0943. The SMILES string of the molecule is CCOC(=O)N1CCC(NC2CCCC2S(C)(=O)=O)CC1. The number of amides is 1. The van der Waals surface area contributed by atoms with Gasteiger partial charge in [0.25, 0.3) is 0 Å². The van der Waals surface area contributed by atoms with Gasteiger partial charge in [0.2, 0.25) is 0 Å². The van der Waals surface area contributed by atoms with Crippen LogP contribution < -0.4 is 5.32 Å². The molecule has 2 fully saturated rings. The summed E-state index contributed by atoms with van der Waals surface area (Å²) in [5, 5.41) is 3.26. The molecule has 0 aromatic rings. The zero-order valence-corrected chi connectivity index (χ0v) is 13.7. The van der Waals surface area contributed by atoms with E-state index in [1.807, 2.05) is 0 Å². The van der Waals surface area contributed by atoms with Crippen LogP contribution in [-0.4, -0.2) is 62.7 Å². The van der Waals surface area contributed by atoms with Gasteiger partial charge in [-0.2, -0.15) is 0 Å². The van der Waals surface area contributed by atoms with E-state index in [-0.39, 0.29) is 17.4 Å². The van der Waals surface area contributed by atoms with Gasteiger partial charge in [0.1, 0.15) is 0 Å². The summed E-state index contributed by atoms with van der Waals surface area (Å²) in [5.74, 6) is 0. The molecule has 2 rings (SSSR count). The average molecular weight is 318 g/mol. The standard InChI is InChI=1S/C14H26N2O4S/c1-3-20-14(17)16-9-7-11(8-10-16)15-12-5-4-6-13(12)21(2,18)19/h11-13,15H,3-10H2,1-2H3.